The molecular weight excluding hydrogens is 236 g/mol. The molecule has 1 N–H and O–H groups in total. The quantitative estimate of drug-likeness (QED) is 0.860. The summed E-state index contributed by atoms with van der Waals surface area (Å²) in [6, 6.07) is 10.8. The van der Waals surface area contributed by atoms with Crippen LogP contribution in [0, 0.1) is 0 Å². The average molecular weight is 258 g/mol. The van der Waals surface area contributed by atoms with Crippen molar-refractivity contribution in [3.8, 4) is 5.75 Å². The first kappa shape index (κ1) is 13.7. The largest absolute Gasteiger partial charge is 0.497 e. The summed E-state index contributed by atoms with van der Waals surface area (Å²) in [7, 11) is 3.74. The molecule has 0 aliphatic carbocycles. The van der Waals surface area contributed by atoms with E-state index in [0.717, 1.165) is 18.7 Å². The van der Waals surface area contributed by atoms with Crippen LogP contribution in [0.5, 0.6) is 5.75 Å². The Morgan fingerprint density at radius 3 is 2.47 bits per heavy atom. The van der Waals surface area contributed by atoms with Gasteiger partial charge in [0.1, 0.15) is 5.75 Å². The number of methoxy groups -OCH3 is 1. The first-order valence-electron chi connectivity index (χ1n) is 6.71. The van der Waals surface area contributed by atoms with Gasteiger partial charge < -0.3 is 14.6 Å². The van der Waals surface area contributed by atoms with E-state index in [1.54, 1.807) is 7.11 Å². The van der Waals surface area contributed by atoms with E-state index in [2.05, 4.69) is 47.4 Å². The van der Waals surface area contributed by atoms with Gasteiger partial charge in [-0.05, 0) is 35.7 Å². The van der Waals surface area contributed by atoms with Crippen molar-refractivity contribution < 1.29 is 4.74 Å². The zero-order chi connectivity index (χ0) is 13.7. The molecule has 0 saturated heterocycles. The van der Waals surface area contributed by atoms with Gasteiger partial charge in [0, 0.05) is 32.0 Å². The van der Waals surface area contributed by atoms with Crippen LogP contribution in [0.1, 0.15) is 30.5 Å². The molecule has 0 bridgehead atoms. The van der Waals surface area contributed by atoms with Crippen LogP contribution in [0.25, 0.3) is 0 Å². The fraction of sp³-hybridized carbons (Fsp3) is 0.375. The van der Waals surface area contributed by atoms with E-state index in [1.807, 2.05) is 19.2 Å². The van der Waals surface area contributed by atoms with E-state index in [1.165, 1.54) is 11.1 Å². The van der Waals surface area contributed by atoms with E-state index < -0.39 is 0 Å². The number of benzene rings is 1. The topological polar surface area (TPSA) is 26.2 Å². The lowest BCUT2D eigenvalue weighted by atomic mass is 10.0. The molecule has 0 aliphatic rings. The van der Waals surface area contributed by atoms with Gasteiger partial charge in [0.15, 0.2) is 0 Å². The molecule has 0 fully saturated rings. The number of aryl methyl sites for hydroxylation is 1. The number of rotatable bonds is 6. The van der Waals surface area contributed by atoms with Gasteiger partial charge >= 0.3 is 0 Å². The molecule has 0 radical (unpaired) electrons. The molecular formula is C16H22N2O. The third-order valence-electron chi connectivity index (χ3n) is 3.37. The lowest BCUT2D eigenvalue weighted by Crippen LogP contribution is -2.20. The van der Waals surface area contributed by atoms with Crippen molar-refractivity contribution >= 4 is 0 Å². The summed E-state index contributed by atoms with van der Waals surface area (Å²) < 4.78 is 7.27. The zero-order valence-corrected chi connectivity index (χ0v) is 11.9. The van der Waals surface area contributed by atoms with Crippen LogP contribution >= 0.6 is 0 Å². The minimum Gasteiger partial charge on any atom is -0.497 e. The standard InChI is InChI=1S/C16H22N2O/c1-4-16(14-5-7-15(19-3)8-6-14)17-11-13-9-10-18(2)12-13/h5-10,12,16-17H,4,11H2,1-3H3. The van der Waals surface area contributed by atoms with E-state index >= 15 is 0 Å². The Labute approximate surface area is 115 Å². The summed E-state index contributed by atoms with van der Waals surface area (Å²) in [5.41, 5.74) is 2.62. The first-order chi connectivity index (χ1) is 9.22. The fourth-order valence-electron chi connectivity index (χ4n) is 2.24. The number of nitrogens with one attached hydrogen (secondary N) is 1. The molecule has 3 nitrogen and oxygen atoms in total. The summed E-state index contributed by atoms with van der Waals surface area (Å²) in [4.78, 5) is 0. The van der Waals surface area contributed by atoms with Crippen molar-refractivity contribution in [2.45, 2.75) is 25.9 Å². The lowest BCUT2D eigenvalue weighted by Gasteiger charge is -2.17. The van der Waals surface area contributed by atoms with Gasteiger partial charge in [-0.1, -0.05) is 19.1 Å². The summed E-state index contributed by atoms with van der Waals surface area (Å²) in [5, 5.41) is 3.60. The third-order valence-corrected chi connectivity index (χ3v) is 3.37. The Hall–Kier alpha value is -1.74. The van der Waals surface area contributed by atoms with Crippen LogP contribution in [0.3, 0.4) is 0 Å². The summed E-state index contributed by atoms with van der Waals surface area (Å²) in [5.74, 6) is 0.904. The number of nitrogens with zero attached hydrogens (tertiary/aromatic N) is 1. The molecule has 2 rings (SSSR count). The highest BCUT2D eigenvalue weighted by molar-refractivity contribution is 5.29. The van der Waals surface area contributed by atoms with Gasteiger partial charge in [-0.2, -0.15) is 0 Å². The normalized spacial score (nSPS) is 12.4. The zero-order valence-electron chi connectivity index (χ0n) is 11.9. The minimum absolute atomic E-state index is 0.381. The highest BCUT2D eigenvalue weighted by Crippen LogP contribution is 2.20. The van der Waals surface area contributed by atoms with Crippen molar-refractivity contribution in [3.05, 3.63) is 53.9 Å². The van der Waals surface area contributed by atoms with Gasteiger partial charge in [-0.25, -0.2) is 0 Å². The first-order valence-corrected chi connectivity index (χ1v) is 6.71. The van der Waals surface area contributed by atoms with Crippen LogP contribution in [0.4, 0.5) is 0 Å². The van der Waals surface area contributed by atoms with Crippen molar-refractivity contribution in [3.63, 3.8) is 0 Å². The van der Waals surface area contributed by atoms with Crippen LogP contribution in [0.2, 0.25) is 0 Å². The molecule has 0 saturated carbocycles. The second-order valence-corrected chi connectivity index (χ2v) is 4.80. The summed E-state index contributed by atoms with van der Waals surface area (Å²) >= 11 is 0. The predicted molar refractivity (Wildman–Crippen MR) is 78.3 cm³/mol. The van der Waals surface area contributed by atoms with Gasteiger partial charge in [0.05, 0.1) is 7.11 Å². The monoisotopic (exact) mass is 258 g/mol. The maximum absolute atomic E-state index is 5.19. The van der Waals surface area contributed by atoms with E-state index in [4.69, 9.17) is 4.74 Å². The van der Waals surface area contributed by atoms with E-state index in [-0.39, 0.29) is 0 Å². The van der Waals surface area contributed by atoms with Crippen molar-refractivity contribution in [1.29, 1.82) is 0 Å². The molecule has 0 spiro atoms. The smallest absolute Gasteiger partial charge is 0.118 e. The summed E-state index contributed by atoms with van der Waals surface area (Å²) in [6.45, 7) is 3.10. The highest BCUT2D eigenvalue weighted by atomic mass is 16.5. The second kappa shape index (κ2) is 6.43. The van der Waals surface area contributed by atoms with E-state index in [0.29, 0.717) is 6.04 Å². The molecule has 102 valence electrons. The lowest BCUT2D eigenvalue weighted by molar-refractivity contribution is 0.414. The molecule has 0 aliphatic heterocycles. The number of ether oxygens (including phenoxy) is 1. The van der Waals surface area contributed by atoms with Crippen LogP contribution in [-0.4, -0.2) is 11.7 Å². The van der Waals surface area contributed by atoms with Crippen LogP contribution in [-0.2, 0) is 13.6 Å². The fourth-order valence-corrected chi connectivity index (χ4v) is 2.24. The molecule has 19 heavy (non-hydrogen) atoms. The maximum atomic E-state index is 5.19. The SMILES string of the molecule is CCC(NCc1ccn(C)c1)c1ccc(OC)cc1. The van der Waals surface area contributed by atoms with Gasteiger partial charge in [0.2, 0.25) is 0 Å². The van der Waals surface area contributed by atoms with Gasteiger partial charge in [-0.3, -0.25) is 0 Å². The van der Waals surface area contributed by atoms with Crippen LogP contribution in [0.15, 0.2) is 42.7 Å². The molecule has 1 atom stereocenters. The molecule has 3 heteroatoms. The van der Waals surface area contributed by atoms with Gasteiger partial charge in [-0.15, -0.1) is 0 Å². The summed E-state index contributed by atoms with van der Waals surface area (Å²) in [6.07, 6.45) is 5.29. The van der Waals surface area contributed by atoms with Crippen LogP contribution < -0.4 is 10.1 Å². The molecule has 0 amide bonds. The van der Waals surface area contributed by atoms with Crippen molar-refractivity contribution in [1.82, 2.24) is 9.88 Å². The van der Waals surface area contributed by atoms with E-state index in [9.17, 15) is 0 Å². The Morgan fingerprint density at radius 1 is 1.21 bits per heavy atom. The van der Waals surface area contributed by atoms with Crippen molar-refractivity contribution in [2.24, 2.45) is 7.05 Å². The van der Waals surface area contributed by atoms with Crippen molar-refractivity contribution in [2.75, 3.05) is 7.11 Å². The van der Waals surface area contributed by atoms with Gasteiger partial charge in [0.25, 0.3) is 0 Å². The Kier molecular flexibility index (Phi) is 4.63. The third kappa shape index (κ3) is 3.61. The molecule has 2 aromatic rings. The molecule has 1 unspecified atom stereocenters. The number of aromatic nitrogens is 1. The predicted octanol–water partition coefficient (Wildman–Crippen LogP) is 3.27. The Morgan fingerprint density at radius 2 is 1.95 bits per heavy atom. The molecule has 1 aromatic carbocycles. The second-order valence-electron chi connectivity index (χ2n) is 4.80. The minimum atomic E-state index is 0.381. The maximum Gasteiger partial charge on any atom is 0.118 e. The Balaban J connectivity index is 1.98. The molecule has 1 aromatic heterocycles. The number of hydrogen-bond acceptors (Lipinski definition) is 2. The molecule has 1 heterocycles. The highest BCUT2D eigenvalue weighted by Gasteiger charge is 2.08. The average Bonchev–Trinajstić information content (AvgIpc) is 2.86. The number of hydrogen-bond donors (Lipinski definition) is 1. The Bertz CT molecular complexity index is 502.